The SMILES string of the molecule is CC(C)(C)OC(=O)NC[C@H]1CNC(=O)C1. The van der Waals surface area contributed by atoms with E-state index in [1.54, 1.807) is 0 Å². The van der Waals surface area contributed by atoms with Gasteiger partial charge in [0.05, 0.1) is 0 Å². The number of hydrogen-bond donors (Lipinski definition) is 2. The van der Waals surface area contributed by atoms with Crippen molar-refractivity contribution >= 4 is 12.0 Å². The smallest absolute Gasteiger partial charge is 0.407 e. The number of nitrogens with one attached hydrogen (secondary N) is 2. The third-order valence-electron chi connectivity index (χ3n) is 2.00. The summed E-state index contributed by atoms with van der Waals surface area (Å²) in [7, 11) is 0. The molecule has 15 heavy (non-hydrogen) atoms. The molecule has 1 aliphatic heterocycles. The molecule has 0 bridgehead atoms. The van der Waals surface area contributed by atoms with Gasteiger partial charge in [-0.2, -0.15) is 0 Å². The van der Waals surface area contributed by atoms with Crippen molar-refractivity contribution in [2.45, 2.75) is 32.8 Å². The van der Waals surface area contributed by atoms with Gasteiger partial charge < -0.3 is 15.4 Å². The summed E-state index contributed by atoms with van der Waals surface area (Å²) in [5, 5.41) is 5.36. The molecule has 0 aromatic carbocycles. The fourth-order valence-corrected chi connectivity index (χ4v) is 1.35. The predicted molar refractivity (Wildman–Crippen MR) is 55.4 cm³/mol. The van der Waals surface area contributed by atoms with E-state index in [0.29, 0.717) is 19.5 Å². The highest BCUT2D eigenvalue weighted by molar-refractivity contribution is 5.78. The Bertz CT molecular complexity index is 258. The highest BCUT2D eigenvalue weighted by Gasteiger charge is 2.23. The molecule has 0 aromatic heterocycles. The Morgan fingerprint density at radius 3 is 2.73 bits per heavy atom. The summed E-state index contributed by atoms with van der Waals surface area (Å²) in [6, 6.07) is 0. The summed E-state index contributed by atoms with van der Waals surface area (Å²) in [6.45, 7) is 6.55. The minimum absolute atomic E-state index is 0.0472. The van der Waals surface area contributed by atoms with Crippen LogP contribution in [0.2, 0.25) is 0 Å². The maximum atomic E-state index is 11.3. The zero-order valence-corrected chi connectivity index (χ0v) is 9.42. The molecule has 1 saturated heterocycles. The molecule has 1 rings (SSSR count). The lowest BCUT2D eigenvalue weighted by molar-refractivity contribution is -0.119. The number of rotatable bonds is 2. The zero-order chi connectivity index (χ0) is 11.5. The number of carbonyl (C=O) groups excluding carboxylic acids is 2. The standard InChI is InChI=1S/C10H18N2O3/c1-10(2,3)15-9(14)12-6-7-4-8(13)11-5-7/h7H,4-6H2,1-3H3,(H,11,13)(H,12,14)/t7-/m1/s1. The van der Waals surface area contributed by atoms with Gasteiger partial charge in [-0.15, -0.1) is 0 Å². The van der Waals surface area contributed by atoms with Gasteiger partial charge in [0.15, 0.2) is 0 Å². The lowest BCUT2D eigenvalue weighted by atomic mass is 10.1. The molecule has 0 aliphatic carbocycles. The van der Waals surface area contributed by atoms with Crippen molar-refractivity contribution in [3.05, 3.63) is 0 Å². The van der Waals surface area contributed by atoms with Crippen molar-refractivity contribution in [1.82, 2.24) is 10.6 Å². The van der Waals surface area contributed by atoms with Crippen LogP contribution in [0.15, 0.2) is 0 Å². The molecule has 86 valence electrons. The molecule has 0 unspecified atom stereocenters. The molecule has 2 amide bonds. The van der Waals surface area contributed by atoms with E-state index in [2.05, 4.69) is 10.6 Å². The van der Waals surface area contributed by atoms with Gasteiger partial charge in [-0.1, -0.05) is 0 Å². The van der Waals surface area contributed by atoms with E-state index in [4.69, 9.17) is 4.74 Å². The van der Waals surface area contributed by atoms with E-state index in [1.165, 1.54) is 0 Å². The van der Waals surface area contributed by atoms with E-state index in [0.717, 1.165) is 0 Å². The summed E-state index contributed by atoms with van der Waals surface area (Å²) in [4.78, 5) is 22.1. The Labute approximate surface area is 89.6 Å². The average molecular weight is 214 g/mol. The maximum Gasteiger partial charge on any atom is 0.407 e. The van der Waals surface area contributed by atoms with E-state index in [-0.39, 0.29) is 11.8 Å². The third kappa shape index (κ3) is 4.67. The first-order valence-corrected chi connectivity index (χ1v) is 5.10. The van der Waals surface area contributed by atoms with Crippen LogP contribution in [0.3, 0.4) is 0 Å². The number of carbonyl (C=O) groups is 2. The molecular weight excluding hydrogens is 196 g/mol. The molecule has 0 radical (unpaired) electrons. The van der Waals surface area contributed by atoms with Crippen molar-refractivity contribution in [2.24, 2.45) is 5.92 Å². The van der Waals surface area contributed by atoms with Gasteiger partial charge in [0.2, 0.25) is 5.91 Å². The Kier molecular flexibility index (Phi) is 3.55. The molecule has 0 spiro atoms. The topological polar surface area (TPSA) is 67.4 Å². The maximum absolute atomic E-state index is 11.3. The van der Waals surface area contributed by atoms with Gasteiger partial charge in [-0.3, -0.25) is 4.79 Å². The first-order valence-electron chi connectivity index (χ1n) is 5.10. The summed E-state index contributed by atoms with van der Waals surface area (Å²) in [5.74, 6) is 0.232. The predicted octanol–water partition coefficient (Wildman–Crippen LogP) is 0.647. The van der Waals surface area contributed by atoms with Gasteiger partial charge in [0.1, 0.15) is 5.60 Å². The number of amides is 2. The Hall–Kier alpha value is -1.26. The largest absolute Gasteiger partial charge is 0.444 e. The fraction of sp³-hybridized carbons (Fsp3) is 0.800. The zero-order valence-electron chi connectivity index (χ0n) is 9.42. The monoisotopic (exact) mass is 214 g/mol. The number of alkyl carbamates (subject to hydrolysis) is 1. The molecule has 1 atom stereocenters. The second kappa shape index (κ2) is 4.51. The van der Waals surface area contributed by atoms with Crippen LogP contribution < -0.4 is 10.6 Å². The van der Waals surface area contributed by atoms with Crippen LogP contribution in [0.25, 0.3) is 0 Å². The van der Waals surface area contributed by atoms with Gasteiger partial charge >= 0.3 is 6.09 Å². The molecule has 2 N–H and O–H groups in total. The summed E-state index contributed by atoms with van der Waals surface area (Å²) < 4.78 is 5.07. The van der Waals surface area contributed by atoms with Crippen LogP contribution in [0.1, 0.15) is 27.2 Å². The van der Waals surface area contributed by atoms with Crippen molar-refractivity contribution in [3.8, 4) is 0 Å². The van der Waals surface area contributed by atoms with Crippen molar-refractivity contribution in [1.29, 1.82) is 0 Å². The Morgan fingerprint density at radius 2 is 2.27 bits per heavy atom. The summed E-state index contributed by atoms with van der Waals surface area (Å²) in [6.07, 6.45) is 0.0531. The minimum atomic E-state index is -0.478. The Morgan fingerprint density at radius 1 is 1.60 bits per heavy atom. The number of ether oxygens (including phenoxy) is 1. The molecule has 0 aromatic rings. The lowest BCUT2D eigenvalue weighted by Crippen LogP contribution is -2.35. The normalized spacial score (nSPS) is 21.0. The average Bonchev–Trinajstić information content (AvgIpc) is 2.45. The summed E-state index contributed by atoms with van der Waals surface area (Å²) >= 11 is 0. The Balaban J connectivity index is 2.20. The quantitative estimate of drug-likeness (QED) is 0.709. The fourth-order valence-electron chi connectivity index (χ4n) is 1.35. The van der Waals surface area contributed by atoms with Crippen molar-refractivity contribution < 1.29 is 14.3 Å². The van der Waals surface area contributed by atoms with E-state index >= 15 is 0 Å². The van der Waals surface area contributed by atoms with E-state index < -0.39 is 11.7 Å². The van der Waals surface area contributed by atoms with E-state index in [9.17, 15) is 9.59 Å². The van der Waals surface area contributed by atoms with Gasteiger partial charge in [0.25, 0.3) is 0 Å². The van der Waals surface area contributed by atoms with Crippen LogP contribution in [0.4, 0.5) is 4.79 Å². The van der Waals surface area contributed by atoms with Crippen molar-refractivity contribution in [2.75, 3.05) is 13.1 Å². The molecule has 0 saturated carbocycles. The van der Waals surface area contributed by atoms with Gasteiger partial charge in [0, 0.05) is 25.4 Å². The van der Waals surface area contributed by atoms with Crippen LogP contribution in [-0.2, 0) is 9.53 Å². The molecule has 5 nitrogen and oxygen atoms in total. The van der Waals surface area contributed by atoms with Crippen LogP contribution in [-0.4, -0.2) is 30.7 Å². The second-order valence-electron chi connectivity index (χ2n) is 4.76. The summed E-state index contributed by atoms with van der Waals surface area (Å²) in [5.41, 5.74) is -0.478. The minimum Gasteiger partial charge on any atom is -0.444 e. The molecular formula is C10H18N2O3. The third-order valence-corrected chi connectivity index (χ3v) is 2.00. The first-order chi connectivity index (χ1) is 6.87. The second-order valence-corrected chi connectivity index (χ2v) is 4.76. The molecule has 1 fully saturated rings. The van der Waals surface area contributed by atoms with Crippen LogP contribution >= 0.6 is 0 Å². The highest BCUT2D eigenvalue weighted by Crippen LogP contribution is 2.09. The first kappa shape index (κ1) is 11.8. The molecule has 1 heterocycles. The van der Waals surface area contributed by atoms with E-state index in [1.807, 2.05) is 20.8 Å². The molecule has 5 heteroatoms. The number of hydrogen-bond acceptors (Lipinski definition) is 3. The van der Waals surface area contributed by atoms with Gasteiger partial charge in [-0.25, -0.2) is 4.79 Å². The molecule has 1 aliphatic rings. The van der Waals surface area contributed by atoms with Crippen molar-refractivity contribution in [3.63, 3.8) is 0 Å². The lowest BCUT2D eigenvalue weighted by Gasteiger charge is -2.20. The highest BCUT2D eigenvalue weighted by atomic mass is 16.6. The van der Waals surface area contributed by atoms with Gasteiger partial charge in [-0.05, 0) is 20.8 Å². The van der Waals surface area contributed by atoms with Crippen LogP contribution in [0.5, 0.6) is 0 Å². The van der Waals surface area contributed by atoms with Crippen LogP contribution in [0, 0.1) is 5.92 Å².